The second kappa shape index (κ2) is 5.35. The molecule has 0 saturated carbocycles. The van der Waals surface area contributed by atoms with Gasteiger partial charge in [-0.3, -0.25) is 0 Å². The zero-order valence-corrected chi connectivity index (χ0v) is 12.6. The topological polar surface area (TPSA) is 29.9 Å². The van der Waals surface area contributed by atoms with Gasteiger partial charge in [0.05, 0.1) is 22.7 Å². The molecule has 0 saturated heterocycles. The lowest BCUT2D eigenvalue weighted by Crippen LogP contribution is -2.35. The largest absolute Gasteiger partial charge is 0.306 e. The van der Waals surface area contributed by atoms with E-state index in [-0.39, 0.29) is 5.54 Å². The smallest absolute Gasteiger partial charge is 0.0995 e. The monoisotopic (exact) mass is 277 g/mol. The number of aryl methyl sites for hydroxylation is 1. The molecule has 0 fully saturated rings. The maximum atomic E-state index is 6.28. The van der Waals surface area contributed by atoms with Crippen LogP contribution >= 0.6 is 11.6 Å². The standard InChI is InChI=1S/C15H20ClN3/c1-11-5-6-13(16)14(7-11)19-10-17-8-12(19)9-18-15(2,3)4/h5-8,10,18H,9H2,1-4H3. The fourth-order valence-electron chi connectivity index (χ4n) is 1.83. The predicted octanol–water partition coefficient (Wildman–Crippen LogP) is 3.72. The van der Waals surface area contributed by atoms with Crippen LogP contribution in [0.2, 0.25) is 5.02 Å². The second-order valence-electron chi connectivity index (χ2n) is 5.81. The predicted molar refractivity (Wildman–Crippen MR) is 79.9 cm³/mol. The van der Waals surface area contributed by atoms with E-state index in [9.17, 15) is 0 Å². The molecule has 4 heteroatoms. The Morgan fingerprint density at radius 3 is 2.74 bits per heavy atom. The molecule has 3 nitrogen and oxygen atoms in total. The van der Waals surface area contributed by atoms with Gasteiger partial charge in [-0.25, -0.2) is 4.98 Å². The number of benzene rings is 1. The Hall–Kier alpha value is -1.32. The number of imidazole rings is 1. The van der Waals surface area contributed by atoms with Gasteiger partial charge in [0.25, 0.3) is 0 Å². The summed E-state index contributed by atoms with van der Waals surface area (Å²) in [7, 11) is 0. The van der Waals surface area contributed by atoms with Gasteiger partial charge in [-0.2, -0.15) is 0 Å². The maximum Gasteiger partial charge on any atom is 0.0995 e. The normalized spacial score (nSPS) is 11.8. The first-order valence-electron chi connectivity index (χ1n) is 6.39. The van der Waals surface area contributed by atoms with Crippen LogP contribution in [0.1, 0.15) is 32.0 Å². The summed E-state index contributed by atoms with van der Waals surface area (Å²) < 4.78 is 2.04. The van der Waals surface area contributed by atoms with E-state index in [1.54, 1.807) is 6.33 Å². The maximum absolute atomic E-state index is 6.28. The highest BCUT2D eigenvalue weighted by Crippen LogP contribution is 2.23. The van der Waals surface area contributed by atoms with Crippen molar-refractivity contribution in [1.82, 2.24) is 14.9 Å². The van der Waals surface area contributed by atoms with Gasteiger partial charge in [0.2, 0.25) is 0 Å². The lowest BCUT2D eigenvalue weighted by Gasteiger charge is -2.21. The van der Waals surface area contributed by atoms with Crippen molar-refractivity contribution in [3.8, 4) is 5.69 Å². The van der Waals surface area contributed by atoms with Crippen LogP contribution in [0.15, 0.2) is 30.7 Å². The number of hydrogen-bond acceptors (Lipinski definition) is 2. The first-order valence-corrected chi connectivity index (χ1v) is 6.77. The molecule has 0 unspecified atom stereocenters. The van der Waals surface area contributed by atoms with Crippen molar-refractivity contribution in [2.24, 2.45) is 0 Å². The molecule has 0 aliphatic heterocycles. The minimum absolute atomic E-state index is 0.0749. The Morgan fingerprint density at radius 2 is 2.05 bits per heavy atom. The summed E-state index contributed by atoms with van der Waals surface area (Å²) >= 11 is 6.28. The SMILES string of the molecule is Cc1ccc(Cl)c(-n2cncc2CNC(C)(C)C)c1. The summed E-state index contributed by atoms with van der Waals surface area (Å²) in [5, 5.41) is 4.20. The number of aromatic nitrogens is 2. The van der Waals surface area contributed by atoms with Gasteiger partial charge in [0, 0.05) is 18.3 Å². The molecular formula is C15H20ClN3. The summed E-state index contributed by atoms with van der Waals surface area (Å²) in [6.07, 6.45) is 3.68. The third-order valence-corrected chi connectivity index (χ3v) is 3.20. The molecule has 2 aromatic rings. The van der Waals surface area contributed by atoms with Crippen molar-refractivity contribution in [3.63, 3.8) is 0 Å². The molecule has 0 aliphatic rings. The van der Waals surface area contributed by atoms with Crippen molar-refractivity contribution in [3.05, 3.63) is 47.0 Å². The minimum Gasteiger partial charge on any atom is -0.306 e. The second-order valence-corrected chi connectivity index (χ2v) is 6.22. The first kappa shape index (κ1) is 14.1. The highest BCUT2D eigenvalue weighted by molar-refractivity contribution is 6.32. The highest BCUT2D eigenvalue weighted by atomic mass is 35.5. The number of halogens is 1. The lowest BCUT2D eigenvalue weighted by atomic mass is 10.1. The van der Waals surface area contributed by atoms with Crippen molar-refractivity contribution >= 4 is 11.6 Å². The van der Waals surface area contributed by atoms with Gasteiger partial charge in [-0.05, 0) is 45.4 Å². The van der Waals surface area contributed by atoms with Crippen molar-refractivity contribution < 1.29 is 0 Å². The van der Waals surface area contributed by atoms with Crippen LogP contribution < -0.4 is 5.32 Å². The number of nitrogens with one attached hydrogen (secondary N) is 1. The molecule has 0 bridgehead atoms. The Morgan fingerprint density at radius 1 is 1.32 bits per heavy atom. The Balaban J connectivity index is 2.31. The number of nitrogens with zero attached hydrogens (tertiary/aromatic N) is 2. The van der Waals surface area contributed by atoms with E-state index in [4.69, 9.17) is 11.6 Å². The summed E-state index contributed by atoms with van der Waals surface area (Å²) in [4.78, 5) is 4.23. The Labute approximate surface area is 119 Å². The molecular weight excluding hydrogens is 258 g/mol. The van der Waals surface area contributed by atoms with E-state index < -0.39 is 0 Å². The zero-order chi connectivity index (χ0) is 14.0. The molecule has 0 amide bonds. The zero-order valence-electron chi connectivity index (χ0n) is 11.9. The number of hydrogen-bond donors (Lipinski definition) is 1. The first-order chi connectivity index (χ1) is 8.87. The molecule has 2 rings (SSSR count). The fourth-order valence-corrected chi connectivity index (χ4v) is 2.04. The average molecular weight is 278 g/mol. The van der Waals surface area contributed by atoms with Crippen LogP contribution in [0, 0.1) is 6.92 Å². The molecule has 0 aliphatic carbocycles. The van der Waals surface area contributed by atoms with Gasteiger partial charge >= 0.3 is 0 Å². The molecule has 1 aromatic carbocycles. The van der Waals surface area contributed by atoms with E-state index >= 15 is 0 Å². The minimum atomic E-state index is 0.0749. The summed E-state index contributed by atoms with van der Waals surface area (Å²) in [6.45, 7) is 9.26. The van der Waals surface area contributed by atoms with E-state index in [1.165, 1.54) is 5.56 Å². The van der Waals surface area contributed by atoms with E-state index in [0.29, 0.717) is 0 Å². The summed E-state index contributed by atoms with van der Waals surface area (Å²) in [5.41, 5.74) is 3.33. The fraction of sp³-hybridized carbons (Fsp3) is 0.400. The third-order valence-electron chi connectivity index (χ3n) is 2.88. The summed E-state index contributed by atoms with van der Waals surface area (Å²) in [5.74, 6) is 0. The molecule has 1 aromatic heterocycles. The van der Waals surface area contributed by atoms with Crippen molar-refractivity contribution in [1.29, 1.82) is 0 Å². The van der Waals surface area contributed by atoms with Crippen LogP contribution in [0.5, 0.6) is 0 Å². The van der Waals surface area contributed by atoms with Crippen LogP contribution in [-0.2, 0) is 6.54 Å². The molecule has 1 N–H and O–H groups in total. The van der Waals surface area contributed by atoms with Crippen molar-refractivity contribution in [2.45, 2.75) is 39.8 Å². The molecule has 1 heterocycles. The van der Waals surface area contributed by atoms with Gasteiger partial charge in [-0.15, -0.1) is 0 Å². The van der Waals surface area contributed by atoms with Crippen LogP contribution in [-0.4, -0.2) is 15.1 Å². The average Bonchev–Trinajstić information content (AvgIpc) is 2.77. The van der Waals surface area contributed by atoms with Gasteiger partial charge in [0.1, 0.15) is 0 Å². The quantitative estimate of drug-likeness (QED) is 0.927. The van der Waals surface area contributed by atoms with Crippen LogP contribution in [0.4, 0.5) is 0 Å². The van der Waals surface area contributed by atoms with E-state index in [1.807, 2.05) is 22.9 Å². The van der Waals surface area contributed by atoms with Crippen LogP contribution in [0.3, 0.4) is 0 Å². The lowest BCUT2D eigenvalue weighted by molar-refractivity contribution is 0.419. The number of rotatable bonds is 3. The molecule has 0 spiro atoms. The highest BCUT2D eigenvalue weighted by Gasteiger charge is 2.12. The van der Waals surface area contributed by atoms with Crippen LogP contribution in [0.25, 0.3) is 5.69 Å². The molecule has 0 atom stereocenters. The Kier molecular flexibility index (Phi) is 3.97. The van der Waals surface area contributed by atoms with E-state index in [0.717, 1.165) is 22.9 Å². The third kappa shape index (κ3) is 3.58. The summed E-state index contributed by atoms with van der Waals surface area (Å²) in [6, 6.07) is 6.01. The van der Waals surface area contributed by atoms with Gasteiger partial charge in [0.15, 0.2) is 0 Å². The van der Waals surface area contributed by atoms with Gasteiger partial charge < -0.3 is 9.88 Å². The van der Waals surface area contributed by atoms with Gasteiger partial charge in [-0.1, -0.05) is 17.7 Å². The molecule has 19 heavy (non-hydrogen) atoms. The van der Waals surface area contributed by atoms with E-state index in [2.05, 4.69) is 44.1 Å². The molecule has 0 radical (unpaired) electrons. The Bertz CT molecular complexity index is 567. The molecule has 102 valence electrons. The van der Waals surface area contributed by atoms with Crippen molar-refractivity contribution in [2.75, 3.05) is 0 Å².